The third-order valence-electron chi connectivity index (χ3n) is 4.25. The first-order valence-corrected chi connectivity index (χ1v) is 6.93. The Morgan fingerprint density at radius 1 is 1.40 bits per heavy atom. The summed E-state index contributed by atoms with van der Waals surface area (Å²) in [7, 11) is 3.40. The average Bonchev–Trinajstić information content (AvgIpc) is 2.46. The van der Waals surface area contributed by atoms with Crippen molar-refractivity contribution < 1.29 is 9.47 Å². The first-order valence-electron chi connectivity index (χ1n) is 6.93. The van der Waals surface area contributed by atoms with Gasteiger partial charge in [-0.15, -0.1) is 0 Å². The van der Waals surface area contributed by atoms with Crippen LogP contribution in [0.3, 0.4) is 0 Å². The maximum absolute atomic E-state index is 5.72. The van der Waals surface area contributed by atoms with Gasteiger partial charge in [0.1, 0.15) is 5.75 Å². The molecular weight excluding hydrogens is 254 g/mol. The highest BCUT2D eigenvalue weighted by atomic mass is 16.5. The second-order valence-electron chi connectivity index (χ2n) is 5.34. The first-order chi connectivity index (χ1) is 9.43. The standard InChI is InChI=1S/C15H27N3O2/c1-7-15(4,20-6)13(18-16)8-12-11(3)14(19-5)10(2)9-17-12/h9,13,18H,7-8,16H2,1-6H3. The van der Waals surface area contributed by atoms with Gasteiger partial charge in [0.25, 0.3) is 0 Å². The number of methoxy groups -OCH3 is 2. The van der Waals surface area contributed by atoms with E-state index in [1.807, 2.05) is 20.0 Å². The van der Waals surface area contributed by atoms with E-state index in [9.17, 15) is 0 Å². The van der Waals surface area contributed by atoms with Gasteiger partial charge < -0.3 is 9.47 Å². The Balaban J connectivity index is 3.08. The molecule has 1 heterocycles. The van der Waals surface area contributed by atoms with Crippen LogP contribution in [0.2, 0.25) is 0 Å². The molecule has 0 saturated carbocycles. The summed E-state index contributed by atoms with van der Waals surface area (Å²) in [5.41, 5.74) is 5.61. The highest BCUT2D eigenvalue weighted by Crippen LogP contribution is 2.27. The van der Waals surface area contributed by atoms with Crippen molar-refractivity contribution in [2.75, 3.05) is 14.2 Å². The van der Waals surface area contributed by atoms with Gasteiger partial charge in [0.15, 0.2) is 0 Å². The van der Waals surface area contributed by atoms with Gasteiger partial charge in [-0.1, -0.05) is 6.92 Å². The fraction of sp³-hybridized carbons (Fsp3) is 0.667. The summed E-state index contributed by atoms with van der Waals surface area (Å²) in [4.78, 5) is 4.53. The van der Waals surface area contributed by atoms with Gasteiger partial charge >= 0.3 is 0 Å². The summed E-state index contributed by atoms with van der Waals surface area (Å²) in [6.07, 6.45) is 3.39. The average molecular weight is 281 g/mol. The van der Waals surface area contributed by atoms with Gasteiger partial charge in [-0.25, -0.2) is 0 Å². The van der Waals surface area contributed by atoms with Crippen LogP contribution in [0.25, 0.3) is 0 Å². The normalized spacial score (nSPS) is 15.8. The van der Waals surface area contributed by atoms with Crippen LogP contribution in [0.15, 0.2) is 6.20 Å². The number of nitrogens with one attached hydrogen (secondary N) is 1. The van der Waals surface area contributed by atoms with Crippen LogP contribution >= 0.6 is 0 Å². The number of nitrogens with zero attached hydrogens (tertiary/aromatic N) is 1. The minimum Gasteiger partial charge on any atom is -0.496 e. The van der Waals surface area contributed by atoms with Crippen LogP contribution in [0.4, 0.5) is 0 Å². The zero-order chi connectivity index (χ0) is 15.3. The second kappa shape index (κ2) is 7.02. The fourth-order valence-corrected chi connectivity index (χ4v) is 2.45. The summed E-state index contributed by atoms with van der Waals surface area (Å²) in [6, 6.07) is -0.0175. The van der Waals surface area contributed by atoms with E-state index in [2.05, 4.69) is 24.3 Å². The highest BCUT2D eigenvalue weighted by molar-refractivity contribution is 5.41. The molecule has 0 amide bonds. The Kier molecular flexibility index (Phi) is 5.92. The van der Waals surface area contributed by atoms with E-state index < -0.39 is 0 Å². The largest absolute Gasteiger partial charge is 0.496 e. The quantitative estimate of drug-likeness (QED) is 0.590. The lowest BCUT2D eigenvalue weighted by molar-refractivity contribution is -0.0291. The van der Waals surface area contributed by atoms with Crippen LogP contribution in [-0.2, 0) is 11.2 Å². The molecule has 0 saturated heterocycles. The molecule has 0 radical (unpaired) electrons. The lowest BCUT2D eigenvalue weighted by atomic mass is 9.89. The molecule has 5 heteroatoms. The van der Waals surface area contributed by atoms with Crippen molar-refractivity contribution in [3.8, 4) is 5.75 Å². The van der Waals surface area contributed by atoms with Crippen molar-refractivity contribution in [2.24, 2.45) is 5.84 Å². The summed E-state index contributed by atoms with van der Waals surface area (Å²) in [5.74, 6) is 6.61. The molecule has 2 unspecified atom stereocenters. The van der Waals surface area contributed by atoms with E-state index in [1.165, 1.54) is 0 Å². The number of pyridine rings is 1. The van der Waals surface area contributed by atoms with Crippen LogP contribution in [0.1, 0.15) is 37.1 Å². The number of hydrazine groups is 1. The number of aromatic nitrogens is 1. The highest BCUT2D eigenvalue weighted by Gasteiger charge is 2.32. The predicted molar refractivity (Wildman–Crippen MR) is 80.8 cm³/mol. The minimum atomic E-state index is -0.332. The van der Waals surface area contributed by atoms with Gasteiger partial charge in [-0.3, -0.25) is 16.3 Å². The first kappa shape index (κ1) is 16.9. The maximum Gasteiger partial charge on any atom is 0.128 e. The summed E-state index contributed by atoms with van der Waals surface area (Å²) < 4.78 is 11.1. The summed E-state index contributed by atoms with van der Waals surface area (Å²) >= 11 is 0. The van der Waals surface area contributed by atoms with E-state index >= 15 is 0 Å². The van der Waals surface area contributed by atoms with E-state index in [0.717, 1.165) is 29.0 Å². The number of nitrogens with two attached hydrogens (primary N) is 1. The number of aryl methyl sites for hydroxylation is 1. The molecule has 5 nitrogen and oxygen atoms in total. The Hall–Kier alpha value is -1.17. The lowest BCUT2D eigenvalue weighted by Gasteiger charge is -2.35. The van der Waals surface area contributed by atoms with Gasteiger partial charge in [-0.05, 0) is 27.2 Å². The molecular formula is C15H27N3O2. The van der Waals surface area contributed by atoms with Gasteiger partial charge in [0.2, 0.25) is 0 Å². The van der Waals surface area contributed by atoms with Crippen LogP contribution in [0.5, 0.6) is 5.75 Å². The van der Waals surface area contributed by atoms with Crippen LogP contribution in [-0.4, -0.2) is 30.8 Å². The minimum absolute atomic E-state index is 0.0175. The topological polar surface area (TPSA) is 69.4 Å². The van der Waals surface area contributed by atoms with Crippen molar-refractivity contribution in [1.29, 1.82) is 0 Å². The lowest BCUT2D eigenvalue weighted by Crippen LogP contribution is -2.53. The Bertz CT molecular complexity index is 445. The van der Waals surface area contributed by atoms with E-state index in [-0.39, 0.29) is 11.6 Å². The van der Waals surface area contributed by atoms with Crippen molar-refractivity contribution >= 4 is 0 Å². The number of hydrogen-bond acceptors (Lipinski definition) is 5. The third-order valence-corrected chi connectivity index (χ3v) is 4.25. The third kappa shape index (κ3) is 3.29. The molecule has 0 aliphatic heterocycles. The van der Waals surface area contributed by atoms with Crippen molar-refractivity contribution in [3.05, 3.63) is 23.0 Å². The summed E-state index contributed by atoms with van der Waals surface area (Å²) in [5, 5.41) is 0. The molecule has 114 valence electrons. The molecule has 1 rings (SSSR count). The molecule has 2 atom stereocenters. The molecule has 0 aliphatic carbocycles. The monoisotopic (exact) mass is 281 g/mol. The van der Waals surface area contributed by atoms with Crippen molar-refractivity contribution in [1.82, 2.24) is 10.4 Å². The Morgan fingerprint density at radius 2 is 2.05 bits per heavy atom. The smallest absolute Gasteiger partial charge is 0.128 e. The molecule has 0 spiro atoms. The number of hydrogen-bond donors (Lipinski definition) is 2. The molecule has 0 aliphatic rings. The molecule has 0 bridgehead atoms. The van der Waals surface area contributed by atoms with Gasteiger partial charge in [0.05, 0.1) is 18.8 Å². The molecule has 0 aromatic carbocycles. The van der Waals surface area contributed by atoms with Crippen molar-refractivity contribution in [3.63, 3.8) is 0 Å². The van der Waals surface area contributed by atoms with E-state index in [1.54, 1.807) is 14.2 Å². The Labute approximate surface area is 121 Å². The van der Waals surface area contributed by atoms with Gasteiger partial charge in [0, 0.05) is 36.5 Å². The zero-order valence-electron chi connectivity index (χ0n) is 13.4. The van der Waals surface area contributed by atoms with E-state index in [0.29, 0.717) is 6.42 Å². The van der Waals surface area contributed by atoms with Crippen molar-refractivity contribution in [2.45, 2.75) is 52.2 Å². The zero-order valence-corrected chi connectivity index (χ0v) is 13.4. The van der Waals surface area contributed by atoms with E-state index in [4.69, 9.17) is 15.3 Å². The second-order valence-corrected chi connectivity index (χ2v) is 5.34. The molecule has 3 N–H and O–H groups in total. The Morgan fingerprint density at radius 3 is 2.50 bits per heavy atom. The SMILES string of the molecule is CCC(C)(OC)C(Cc1ncc(C)c(OC)c1C)NN. The molecule has 1 aromatic heterocycles. The van der Waals surface area contributed by atoms with Gasteiger partial charge in [-0.2, -0.15) is 0 Å². The summed E-state index contributed by atoms with van der Waals surface area (Å²) in [6.45, 7) is 8.16. The number of ether oxygens (including phenoxy) is 2. The molecule has 0 fully saturated rings. The predicted octanol–water partition coefficient (Wildman–Crippen LogP) is 1.90. The molecule has 1 aromatic rings. The van der Waals surface area contributed by atoms with Crippen LogP contribution in [0, 0.1) is 13.8 Å². The fourth-order valence-electron chi connectivity index (χ4n) is 2.45. The maximum atomic E-state index is 5.72. The van der Waals surface area contributed by atoms with Crippen LogP contribution < -0.4 is 16.0 Å². The number of rotatable bonds is 7. The molecule has 20 heavy (non-hydrogen) atoms.